The molecule has 5 aromatic rings. The lowest BCUT2D eigenvalue weighted by Crippen LogP contribution is -2.36. The van der Waals surface area contributed by atoms with E-state index in [4.69, 9.17) is 0 Å². The number of carbonyl (C=O) groups is 1. The smallest absolute Gasteiger partial charge is 0.363 e. The van der Waals surface area contributed by atoms with Crippen LogP contribution in [0.15, 0.2) is 91.1 Å². The minimum atomic E-state index is -4.51. The molecule has 1 aliphatic heterocycles. The van der Waals surface area contributed by atoms with Gasteiger partial charge in [-0.3, -0.25) is 4.79 Å². The zero-order valence-electron chi connectivity index (χ0n) is 20.4. The van der Waals surface area contributed by atoms with Gasteiger partial charge in [0, 0.05) is 13.0 Å². The number of hydrogen-bond donors (Lipinski definition) is 2. The molecule has 0 fully saturated rings. The standard InChI is InChI=1S/C30H25F3N4O/c31-30(32,33)27-17-26(24-12-11-21-6-2-4-8-23(21)16-24)36-28-25(18-35-37(27)28)29(38)34-14-13-19-9-10-20-5-1-3-7-22(20)15-19/h1-12,15-16,18,26-27,36H,13-14,17H2,(H,34,38). The summed E-state index contributed by atoms with van der Waals surface area (Å²) >= 11 is 0. The molecule has 0 radical (unpaired) electrons. The van der Waals surface area contributed by atoms with Crippen LogP contribution in [0.2, 0.25) is 0 Å². The number of anilines is 1. The minimum Gasteiger partial charge on any atom is -0.363 e. The van der Waals surface area contributed by atoms with Crippen molar-refractivity contribution in [3.8, 4) is 0 Å². The lowest BCUT2D eigenvalue weighted by atomic mass is 9.94. The molecule has 4 aromatic carbocycles. The van der Waals surface area contributed by atoms with Crippen LogP contribution in [-0.4, -0.2) is 28.4 Å². The van der Waals surface area contributed by atoms with Gasteiger partial charge in [0.1, 0.15) is 11.4 Å². The van der Waals surface area contributed by atoms with Gasteiger partial charge < -0.3 is 10.6 Å². The maximum absolute atomic E-state index is 14.1. The zero-order chi connectivity index (χ0) is 26.3. The average molecular weight is 515 g/mol. The molecule has 5 nitrogen and oxygen atoms in total. The van der Waals surface area contributed by atoms with Crippen LogP contribution in [0, 0.1) is 0 Å². The first kappa shape index (κ1) is 24.0. The Morgan fingerprint density at radius 1 is 0.921 bits per heavy atom. The van der Waals surface area contributed by atoms with Gasteiger partial charge in [0.15, 0.2) is 6.04 Å². The van der Waals surface area contributed by atoms with Gasteiger partial charge in [-0.2, -0.15) is 18.3 Å². The molecule has 2 unspecified atom stereocenters. The molecule has 192 valence electrons. The largest absolute Gasteiger partial charge is 0.410 e. The Hall–Kier alpha value is -4.33. The number of nitrogens with one attached hydrogen (secondary N) is 2. The fraction of sp³-hybridized carbons (Fsp3) is 0.200. The second-order valence-corrected chi connectivity index (χ2v) is 9.64. The molecule has 0 aliphatic carbocycles. The summed E-state index contributed by atoms with van der Waals surface area (Å²) in [4.78, 5) is 13.1. The van der Waals surface area contributed by atoms with E-state index in [0.717, 1.165) is 37.4 Å². The summed E-state index contributed by atoms with van der Waals surface area (Å²) in [7, 11) is 0. The van der Waals surface area contributed by atoms with Crippen LogP contribution in [-0.2, 0) is 6.42 Å². The topological polar surface area (TPSA) is 59.0 Å². The zero-order valence-corrected chi connectivity index (χ0v) is 20.4. The Morgan fingerprint density at radius 3 is 2.29 bits per heavy atom. The van der Waals surface area contributed by atoms with E-state index in [2.05, 4.69) is 21.8 Å². The Kier molecular flexibility index (Phi) is 6.02. The third-order valence-corrected chi connectivity index (χ3v) is 7.17. The van der Waals surface area contributed by atoms with Crippen molar-refractivity contribution in [2.24, 2.45) is 0 Å². The number of nitrogens with zero attached hydrogens (tertiary/aromatic N) is 2. The predicted octanol–water partition coefficient (Wildman–Crippen LogP) is 6.82. The highest BCUT2D eigenvalue weighted by atomic mass is 19.4. The van der Waals surface area contributed by atoms with Crippen molar-refractivity contribution in [2.45, 2.75) is 31.1 Å². The van der Waals surface area contributed by atoms with Crippen molar-refractivity contribution < 1.29 is 18.0 Å². The molecule has 1 aliphatic rings. The summed E-state index contributed by atoms with van der Waals surface area (Å²) in [5.41, 5.74) is 1.89. The Balaban J connectivity index is 1.23. The Morgan fingerprint density at radius 2 is 1.58 bits per heavy atom. The summed E-state index contributed by atoms with van der Waals surface area (Å²) in [6.45, 7) is 0.346. The molecule has 2 N–H and O–H groups in total. The second kappa shape index (κ2) is 9.52. The number of fused-ring (bicyclic) bond motifs is 3. The highest BCUT2D eigenvalue weighted by Crippen LogP contribution is 2.44. The molecule has 2 heterocycles. The van der Waals surface area contributed by atoms with E-state index in [0.29, 0.717) is 13.0 Å². The van der Waals surface area contributed by atoms with Gasteiger partial charge in [-0.15, -0.1) is 0 Å². The number of halogens is 3. The predicted molar refractivity (Wildman–Crippen MR) is 142 cm³/mol. The molecule has 6 rings (SSSR count). The molecule has 38 heavy (non-hydrogen) atoms. The number of aromatic nitrogens is 2. The number of carbonyl (C=O) groups excluding carboxylic acids is 1. The number of rotatable bonds is 5. The van der Waals surface area contributed by atoms with E-state index in [1.54, 1.807) is 0 Å². The summed E-state index contributed by atoms with van der Waals surface area (Å²) in [5, 5.41) is 14.2. The number of hydrogen-bond acceptors (Lipinski definition) is 3. The van der Waals surface area contributed by atoms with Gasteiger partial charge >= 0.3 is 6.18 Å². The lowest BCUT2D eigenvalue weighted by molar-refractivity contribution is -0.173. The van der Waals surface area contributed by atoms with Gasteiger partial charge in [0.2, 0.25) is 0 Å². The average Bonchev–Trinajstić information content (AvgIpc) is 3.35. The van der Waals surface area contributed by atoms with Crippen molar-refractivity contribution in [1.82, 2.24) is 15.1 Å². The summed E-state index contributed by atoms with van der Waals surface area (Å²) < 4.78 is 43.2. The first-order valence-electron chi connectivity index (χ1n) is 12.5. The first-order chi connectivity index (χ1) is 18.4. The molecule has 8 heteroatoms. The molecule has 0 bridgehead atoms. The first-order valence-corrected chi connectivity index (χ1v) is 12.5. The quantitative estimate of drug-likeness (QED) is 0.271. The molecule has 1 amide bonds. The van der Waals surface area contributed by atoms with Crippen LogP contribution in [0.3, 0.4) is 0 Å². The van der Waals surface area contributed by atoms with Crippen molar-refractivity contribution in [3.05, 3.63) is 108 Å². The summed E-state index contributed by atoms with van der Waals surface area (Å²) in [5.74, 6) is -0.375. The fourth-order valence-electron chi connectivity index (χ4n) is 5.18. The fourth-order valence-corrected chi connectivity index (χ4v) is 5.18. The molecule has 0 spiro atoms. The second-order valence-electron chi connectivity index (χ2n) is 9.64. The van der Waals surface area contributed by atoms with Gasteiger partial charge in [-0.25, -0.2) is 4.68 Å². The third-order valence-electron chi connectivity index (χ3n) is 7.17. The highest BCUT2D eigenvalue weighted by Gasteiger charge is 2.47. The van der Waals surface area contributed by atoms with E-state index in [9.17, 15) is 18.0 Å². The Bertz CT molecular complexity index is 1640. The van der Waals surface area contributed by atoms with E-state index in [-0.39, 0.29) is 17.8 Å². The normalized spacial score (nSPS) is 17.2. The van der Waals surface area contributed by atoms with Crippen molar-refractivity contribution in [1.29, 1.82) is 0 Å². The lowest BCUT2D eigenvalue weighted by Gasteiger charge is -2.34. The molecule has 0 saturated carbocycles. The van der Waals surface area contributed by atoms with Crippen molar-refractivity contribution in [2.75, 3.05) is 11.9 Å². The van der Waals surface area contributed by atoms with Crippen molar-refractivity contribution >= 4 is 33.3 Å². The van der Waals surface area contributed by atoms with Crippen LogP contribution in [0.5, 0.6) is 0 Å². The van der Waals surface area contributed by atoms with Crippen LogP contribution in [0.1, 0.15) is 40.0 Å². The van der Waals surface area contributed by atoms with Gasteiger partial charge in [-0.1, -0.05) is 78.9 Å². The van der Waals surface area contributed by atoms with Gasteiger partial charge in [0.05, 0.1) is 12.2 Å². The van der Waals surface area contributed by atoms with Gasteiger partial charge in [0.25, 0.3) is 5.91 Å². The third kappa shape index (κ3) is 4.58. The molecular formula is C30H25F3N4O. The van der Waals surface area contributed by atoms with E-state index < -0.39 is 24.2 Å². The van der Waals surface area contributed by atoms with Crippen LogP contribution >= 0.6 is 0 Å². The molecule has 0 saturated heterocycles. The highest BCUT2D eigenvalue weighted by molar-refractivity contribution is 5.99. The minimum absolute atomic E-state index is 0.0833. The van der Waals surface area contributed by atoms with Crippen LogP contribution in [0.25, 0.3) is 21.5 Å². The molecular weight excluding hydrogens is 489 g/mol. The maximum atomic E-state index is 14.1. The number of benzene rings is 4. The van der Waals surface area contributed by atoms with Crippen LogP contribution in [0.4, 0.5) is 19.0 Å². The maximum Gasteiger partial charge on any atom is 0.410 e. The summed E-state index contributed by atoms with van der Waals surface area (Å²) in [6, 6.07) is 25.0. The van der Waals surface area contributed by atoms with Crippen LogP contribution < -0.4 is 10.6 Å². The van der Waals surface area contributed by atoms with E-state index >= 15 is 0 Å². The number of alkyl halides is 3. The SMILES string of the molecule is O=C(NCCc1ccc2ccccc2c1)c1cnn2c1NC(c1ccc3ccccc3c1)CC2C(F)(F)F. The molecule has 1 aromatic heterocycles. The molecule has 2 atom stereocenters. The van der Waals surface area contributed by atoms with Gasteiger partial charge in [-0.05, 0) is 45.2 Å². The number of amides is 1. The van der Waals surface area contributed by atoms with Crippen molar-refractivity contribution in [3.63, 3.8) is 0 Å². The monoisotopic (exact) mass is 514 g/mol. The Labute approximate surface area is 217 Å². The summed E-state index contributed by atoms with van der Waals surface area (Å²) in [6.07, 6.45) is -2.92. The van der Waals surface area contributed by atoms with E-state index in [1.807, 2.05) is 78.9 Å². The van der Waals surface area contributed by atoms with E-state index in [1.165, 1.54) is 6.20 Å².